The number of aromatic nitrogens is 2. The van der Waals surface area contributed by atoms with E-state index in [0.717, 1.165) is 75.3 Å². The van der Waals surface area contributed by atoms with E-state index in [-0.39, 0.29) is 0 Å². The van der Waals surface area contributed by atoms with Crippen molar-refractivity contribution in [1.29, 1.82) is 0 Å². The second-order valence-electron chi connectivity index (χ2n) is 9.20. The van der Waals surface area contributed by atoms with Crippen molar-refractivity contribution < 1.29 is 9.47 Å². The first kappa shape index (κ1) is 20.7. The van der Waals surface area contributed by atoms with Crippen LogP contribution >= 0.6 is 0 Å². The van der Waals surface area contributed by atoms with Crippen molar-refractivity contribution >= 4 is 5.57 Å². The summed E-state index contributed by atoms with van der Waals surface area (Å²) in [6, 6.07) is 15.4. The van der Waals surface area contributed by atoms with Gasteiger partial charge in [-0.05, 0) is 53.9 Å². The molecule has 0 atom stereocenters. The number of likely N-dealkylation sites (N-methyl/N-ethyl adjacent to an activating group) is 1. The van der Waals surface area contributed by atoms with E-state index in [1.165, 1.54) is 22.3 Å². The predicted octanol–water partition coefficient (Wildman–Crippen LogP) is 3.98. The number of imidazole rings is 1. The molecule has 6 nitrogen and oxygen atoms in total. The van der Waals surface area contributed by atoms with Gasteiger partial charge in [0.15, 0.2) is 5.82 Å². The molecule has 0 bridgehead atoms. The van der Waals surface area contributed by atoms with Crippen LogP contribution in [-0.4, -0.2) is 65.8 Å². The van der Waals surface area contributed by atoms with Gasteiger partial charge in [0.2, 0.25) is 0 Å². The second-order valence-corrected chi connectivity index (χ2v) is 9.20. The molecular formula is C27H30N4O2. The lowest BCUT2D eigenvalue weighted by Gasteiger charge is -2.25. The second kappa shape index (κ2) is 8.78. The molecular weight excluding hydrogens is 412 g/mol. The molecule has 3 aliphatic heterocycles. The van der Waals surface area contributed by atoms with Crippen molar-refractivity contribution in [2.45, 2.75) is 19.6 Å². The molecule has 3 aliphatic rings. The van der Waals surface area contributed by atoms with Gasteiger partial charge in [-0.15, -0.1) is 0 Å². The summed E-state index contributed by atoms with van der Waals surface area (Å²) >= 11 is 0. The van der Waals surface area contributed by atoms with Gasteiger partial charge in [-0.3, -0.25) is 9.47 Å². The molecule has 3 aromatic rings. The van der Waals surface area contributed by atoms with Crippen LogP contribution in [0.15, 0.2) is 54.7 Å². The Bertz CT molecular complexity index is 1190. The fourth-order valence-corrected chi connectivity index (χ4v) is 4.93. The Labute approximate surface area is 195 Å². The summed E-state index contributed by atoms with van der Waals surface area (Å²) in [6.07, 6.45) is 5.62. The van der Waals surface area contributed by atoms with E-state index in [2.05, 4.69) is 76.2 Å². The lowest BCUT2D eigenvalue weighted by molar-refractivity contribution is 0.0337. The quantitative estimate of drug-likeness (QED) is 0.611. The highest BCUT2D eigenvalue weighted by Crippen LogP contribution is 2.35. The molecule has 1 aromatic heterocycles. The van der Waals surface area contributed by atoms with E-state index in [0.29, 0.717) is 6.61 Å². The largest absolute Gasteiger partial charge is 0.483 e. The third kappa shape index (κ3) is 4.22. The molecule has 6 heteroatoms. The SMILES string of the molecule is CN1CC=C(c2cccc(-c3ccc4c(c3)OCc3nc(CN5CCOCC5)cn3-4)c2)CC1. The van der Waals surface area contributed by atoms with Gasteiger partial charge >= 0.3 is 0 Å². The Balaban J connectivity index is 1.26. The van der Waals surface area contributed by atoms with Gasteiger partial charge in [0.05, 0.1) is 24.6 Å². The molecule has 1 fully saturated rings. The monoisotopic (exact) mass is 442 g/mol. The molecule has 0 N–H and O–H groups in total. The first-order valence-corrected chi connectivity index (χ1v) is 11.9. The van der Waals surface area contributed by atoms with Crippen molar-refractivity contribution in [3.63, 3.8) is 0 Å². The Morgan fingerprint density at radius 1 is 0.970 bits per heavy atom. The minimum Gasteiger partial charge on any atom is -0.483 e. The molecule has 0 unspecified atom stereocenters. The number of hydrogen-bond acceptors (Lipinski definition) is 5. The highest BCUT2D eigenvalue weighted by atomic mass is 16.5. The summed E-state index contributed by atoms with van der Waals surface area (Å²) in [5.41, 5.74) is 7.33. The van der Waals surface area contributed by atoms with Crippen LogP contribution in [0.25, 0.3) is 22.4 Å². The highest BCUT2D eigenvalue weighted by molar-refractivity contribution is 5.75. The molecule has 33 heavy (non-hydrogen) atoms. The summed E-state index contributed by atoms with van der Waals surface area (Å²) in [5.74, 6) is 1.88. The van der Waals surface area contributed by atoms with E-state index in [1.54, 1.807) is 0 Å². The van der Waals surface area contributed by atoms with Crippen molar-refractivity contribution in [2.24, 2.45) is 0 Å². The summed E-state index contributed by atoms with van der Waals surface area (Å²) in [4.78, 5) is 9.59. The lowest BCUT2D eigenvalue weighted by Crippen LogP contribution is -2.35. The van der Waals surface area contributed by atoms with Gasteiger partial charge in [0.1, 0.15) is 12.4 Å². The van der Waals surface area contributed by atoms with E-state index < -0.39 is 0 Å². The normalized spacial score (nSPS) is 18.9. The average molecular weight is 443 g/mol. The molecule has 170 valence electrons. The Morgan fingerprint density at radius 2 is 1.82 bits per heavy atom. The van der Waals surface area contributed by atoms with E-state index >= 15 is 0 Å². The van der Waals surface area contributed by atoms with Crippen LogP contribution < -0.4 is 4.74 Å². The lowest BCUT2D eigenvalue weighted by atomic mass is 9.95. The van der Waals surface area contributed by atoms with Crippen LogP contribution in [0.1, 0.15) is 23.5 Å². The number of morpholine rings is 1. The van der Waals surface area contributed by atoms with Gasteiger partial charge < -0.3 is 14.4 Å². The molecule has 1 saturated heterocycles. The minimum atomic E-state index is 0.500. The zero-order valence-electron chi connectivity index (χ0n) is 19.2. The van der Waals surface area contributed by atoms with Crippen molar-refractivity contribution in [3.8, 4) is 22.6 Å². The van der Waals surface area contributed by atoms with Crippen LogP contribution in [0.2, 0.25) is 0 Å². The number of fused-ring (bicyclic) bond motifs is 3. The molecule has 0 saturated carbocycles. The van der Waals surface area contributed by atoms with Crippen molar-refractivity contribution in [1.82, 2.24) is 19.4 Å². The van der Waals surface area contributed by atoms with Crippen LogP contribution in [0, 0.1) is 0 Å². The van der Waals surface area contributed by atoms with E-state index in [1.807, 2.05) is 0 Å². The van der Waals surface area contributed by atoms with Gasteiger partial charge in [-0.1, -0.05) is 30.3 Å². The highest BCUT2D eigenvalue weighted by Gasteiger charge is 2.21. The molecule has 0 aliphatic carbocycles. The molecule has 0 spiro atoms. The van der Waals surface area contributed by atoms with Crippen molar-refractivity contribution in [3.05, 3.63) is 71.8 Å². The first-order valence-electron chi connectivity index (χ1n) is 11.9. The summed E-state index contributed by atoms with van der Waals surface area (Å²) in [5, 5.41) is 0. The maximum atomic E-state index is 6.14. The smallest absolute Gasteiger partial charge is 0.151 e. The maximum Gasteiger partial charge on any atom is 0.151 e. The van der Waals surface area contributed by atoms with E-state index in [9.17, 15) is 0 Å². The standard InChI is InChI=1S/C27H30N4O2/c1-29-9-7-20(8-10-29)21-3-2-4-22(15-21)23-5-6-25-26(16-23)33-19-27-28-24(18-31(25)27)17-30-11-13-32-14-12-30/h2-7,15-16,18H,8-14,17,19H2,1H3. The number of benzene rings is 2. The maximum absolute atomic E-state index is 6.14. The Kier molecular flexibility index (Phi) is 5.50. The van der Waals surface area contributed by atoms with Gasteiger partial charge in [0.25, 0.3) is 0 Å². The average Bonchev–Trinajstić information content (AvgIpc) is 3.28. The summed E-state index contributed by atoms with van der Waals surface area (Å²) in [6.45, 7) is 7.03. The molecule has 6 rings (SSSR count). The first-order chi connectivity index (χ1) is 16.2. The van der Waals surface area contributed by atoms with Crippen LogP contribution in [0.3, 0.4) is 0 Å². The van der Waals surface area contributed by atoms with Crippen LogP contribution in [-0.2, 0) is 17.9 Å². The third-order valence-corrected chi connectivity index (χ3v) is 6.87. The molecule has 0 radical (unpaired) electrons. The molecule has 2 aromatic carbocycles. The molecule has 4 heterocycles. The number of nitrogens with zero attached hydrogens (tertiary/aromatic N) is 4. The topological polar surface area (TPSA) is 42.8 Å². The van der Waals surface area contributed by atoms with Crippen LogP contribution in [0.5, 0.6) is 5.75 Å². The Hall–Kier alpha value is -2.93. The fourth-order valence-electron chi connectivity index (χ4n) is 4.93. The van der Waals surface area contributed by atoms with Gasteiger partial charge in [-0.25, -0.2) is 4.98 Å². The summed E-state index contributed by atoms with van der Waals surface area (Å²) in [7, 11) is 2.17. The van der Waals surface area contributed by atoms with Crippen molar-refractivity contribution in [2.75, 3.05) is 46.4 Å². The Morgan fingerprint density at radius 3 is 2.67 bits per heavy atom. The molecule has 0 amide bonds. The zero-order valence-corrected chi connectivity index (χ0v) is 19.2. The number of hydrogen-bond donors (Lipinski definition) is 0. The van der Waals surface area contributed by atoms with E-state index in [4.69, 9.17) is 14.5 Å². The minimum absolute atomic E-state index is 0.500. The van der Waals surface area contributed by atoms with Gasteiger partial charge in [-0.2, -0.15) is 0 Å². The zero-order chi connectivity index (χ0) is 22.2. The predicted molar refractivity (Wildman–Crippen MR) is 130 cm³/mol. The van der Waals surface area contributed by atoms with Crippen LogP contribution in [0.4, 0.5) is 0 Å². The third-order valence-electron chi connectivity index (χ3n) is 6.87. The summed E-state index contributed by atoms with van der Waals surface area (Å²) < 4.78 is 13.8. The van der Waals surface area contributed by atoms with Gasteiger partial charge in [0, 0.05) is 38.9 Å². The number of rotatable bonds is 4. The fraction of sp³-hybridized carbons (Fsp3) is 0.370. The number of ether oxygens (including phenoxy) is 2.